The van der Waals surface area contributed by atoms with Crippen LogP contribution in [0.5, 0.6) is 0 Å². The van der Waals surface area contributed by atoms with E-state index in [0.717, 1.165) is 0 Å². The van der Waals surface area contributed by atoms with E-state index in [9.17, 15) is 0 Å². The van der Waals surface area contributed by atoms with Crippen molar-refractivity contribution in [1.29, 1.82) is 0 Å². The molecule has 1 nitrogen and oxygen atoms in total. The molecule has 0 atom stereocenters. The molecule has 0 aliphatic heterocycles. The molecule has 0 bridgehead atoms. The minimum atomic E-state index is 1.22. The molecule has 0 rings (SSSR count). The molecule has 74 valence electrons. The third kappa shape index (κ3) is 10.7. The maximum absolute atomic E-state index is 3.48. The van der Waals surface area contributed by atoms with Gasteiger partial charge in [-0.25, -0.2) is 0 Å². The van der Waals surface area contributed by atoms with Gasteiger partial charge in [-0.2, -0.15) is 0 Å². The van der Waals surface area contributed by atoms with Gasteiger partial charge in [0.15, 0.2) is 0 Å². The molecule has 0 aromatic carbocycles. The van der Waals surface area contributed by atoms with Crippen molar-refractivity contribution in [2.75, 3.05) is 17.5 Å². The Kier molecular flexibility index (Phi) is 12.4. The van der Waals surface area contributed by atoms with E-state index in [2.05, 4.69) is 34.8 Å². The van der Waals surface area contributed by atoms with E-state index in [0.29, 0.717) is 0 Å². The van der Waals surface area contributed by atoms with Crippen molar-refractivity contribution in [2.45, 2.75) is 45.4 Å². The van der Waals surface area contributed by atoms with Gasteiger partial charge in [-0.1, -0.05) is 48.8 Å². The highest BCUT2D eigenvalue weighted by Gasteiger charge is 1.88. The third-order valence-corrected chi connectivity index (χ3v) is 2.71. The van der Waals surface area contributed by atoms with Crippen molar-refractivity contribution >= 4 is 22.6 Å². The zero-order valence-electron chi connectivity index (χ0n) is 8.24. The van der Waals surface area contributed by atoms with Gasteiger partial charge in [-0.05, 0) is 36.8 Å². The topological polar surface area (TPSA) is 12.0 Å². The number of nitrogens with one attached hydrogen (secondary N) is 1. The molecule has 0 heterocycles. The number of unbranched alkanes of at least 4 members (excludes halogenated alkanes) is 4. The highest BCUT2D eigenvalue weighted by atomic mass is 127. The Labute approximate surface area is 90.8 Å². The summed E-state index contributed by atoms with van der Waals surface area (Å²) >= 11 is 2.45. The fourth-order valence-electron chi connectivity index (χ4n) is 1.15. The van der Waals surface area contributed by atoms with Gasteiger partial charge in [0.2, 0.25) is 0 Å². The van der Waals surface area contributed by atoms with E-state index in [1.54, 1.807) is 0 Å². The third-order valence-electron chi connectivity index (χ3n) is 1.94. The molecule has 0 saturated carbocycles. The van der Waals surface area contributed by atoms with Crippen LogP contribution < -0.4 is 5.32 Å². The van der Waals surface area contributed by atoms with Crippen LogP contribution in [0.3, 0.4) is 0 Å². The summed E-state index contributed by atoms with van der Waals surface area (Å²) < 4.78 is 1.31. The molecule has 0 unspecified atom stereocenters. The van der Waals surface area contributed by atoms with Crippen molar-refractivity contribution in [3.05, 3.63) is 0 Å². The van der Waals surface area contributed by atoms with Crippen molar-refractivity contribution in [2.24, 2.45) is 0 Å². The van der Waals surface area contributed by atoms with Gasteiger partial charge in [0.25, 0.3) is 0 Å². The van der Waals surface area contributed by atoms with E-state index in [4.69, 9.17) is 0 Å². The van der Waals surface area contributed by atoms with Gasteiger partial charge >= 0.3 is 0 Å². The smallest absolute Gasteiger partial charge is 0.000472 e. The van der Waals surface area contributed by atoms with E-state index < -0.39 is 0 Å². The Morgan fingerprint density at radius 3 is 2.17 bits per heavy atom. The van der Waals surface area contributed by atoms with Gasteiger partial charge in [0.05, 0.1) is 0 Å². The van der Waals surface area contributed by atoms with Gasteiger partial charge in [-0.3, -0.25) is 0 Å². The zero-order chi connectivity index (χ0) is 9.07. The molecular formula is C10H22IN. The van der Waals surface area contributed by atoms with Crippen LogP contribution in [0.1, 0.15) is 45.4 Å². The fraction of sp³-hybridized carbons (Fsp3) is 1.00. The summed E-state index contributed by atoms with van der Waals surface area (Å²) in [6.07, 6.45) is 8.19. The first-order valence-electron chi connectivity index (χ1n) is 5.18. The molecule has 0 aliphatic rings. The lowest BCUT2D eigenvalue weighted by molar-refractivity contribution is 0.584. The van der Waals surface area contributed by atoms with E-state index in [1.807, 2.05) is 0 Å². The average Bonchev–Trinajstić information content (AvgIpc) is 2.10. The van der Waals surface area contributed by atoms with Crippen molar-refractivity contribution < 1.29 is 0 Å². The van der Waals surface area contributed by atoms with Crippen LogP contribution in [0.15, 0.2) is 0 Å². The number of hydrogen-bond donors (Lipinski definition) is 1. The van der Waals surface area contributed by atoms with Gasteiger partial charge in [0.1, 0.15) is 0 Å². The molecule has 0 fully saturated rings. The second-order valence-electron chi connectivity index (χ2n) is 3.21. The largest absolute Gasteiger partial charge is 0.317 e. The predicted molar refractivity (Wildman–Crippen MR) is 65.1 cm³/mol. The summed E-state index contributed by atoms with van der Waals surface area (Å²) in [6.45, 7) is 4.69. The van der Waals surface area contributed by atoms with Gasteiger partial charge < -0.3 is 5.32 Å². The van der Waals surface area contributed by atoms with Gasteiger partial charge in [0, 0.05) is 0 Å². The molecule has 0 amide bonds. The first-order valence-corrected chi connectivity index (χ1v) is 6.71. The van der Waals surface area contributed by atoms with Crippen LogP contribution in [0.2, 0.25) is 0 Å². The summed E-state index contributed by atoms with van der Waals surface area (Å²) in [5.41, 5.74) is 0. The lowest BCUT2D eigenvalue weighted by Crippen LogP contribution is -2.16. The average molecular weight is 283 g/mol. The Morgan fingerprint density at radius 1 is 0.917 bits per heavy atom. The highest BCUT2D eigenvalue weighted by molar-refractivity contribution is 14.1. The Morgan fingerprint density at radius 2 is 1.58 bits per heavy atom. The number of rotatable bonds is 9. The van der Waals surface area contributed by atoms with Crippen LogP contribution in [0, 0.1) is 0 Å². The molecule has 2 heteroatoms. The lowest BCUT2D eigenvalue weighted by Gasteiger charge is -2.02. The van der Waals surface area contributed by atoms with Gasteiger partial charge in [-0.15, -0.1) is 0 Å². The first kappa shape index (κ1) is 12.7. The van der Waals surface area contributed by atoms with E-state index in [1.165, 1.54) is 56.0 Å². The number of alkyl halides is 1. The van der Waals surface area contributed by atoms with Crippen LogP contribution >= 0.6 is 22.6 Å². The first-order chi connectivity index (χ1) is 5.91. The molecule has 0 aliphatic carbocycles. The second-order valence-corrected chi connectivity index (χ2v) is 4.29. The normalized spacial score (nSPS) is 10.5. The van der Waals surface area contributed by atoms with E-state index in [-0.39, 0.29) is 0 Å². The van der Waals surface area contributed by atoms with Crippen LogP contribution in [-0.4, -0.2) is 17.5 Å². The minimum absolute atomic E-state index is 1.22. The fourth-order valence-corrected chi connectivity index (χ4v) is 1.69. The second kappa shape index (κ2) is 11.7. The summed E-state index contributed by atoms with van der Waals surface area (Å²) in [5, 5.41) is 3.48. The summed E-state index contributed by atoms with van der Waals surface area (Å²) in [6, 6.07) is 0. The summed E-state index contributed by atoms with van der Waals surface area (Å²) in [7, 11) is 0. The molecule has 0 aromatic heterocycles. The van der Waals surface area contributed by atoms with Crippen LogP contribution in [0.4, 0.5) is 0 Å². The van der Waals surface area contributed by atoms with Crippen molar-refractivity contribution in [3.8, 4) is 0 Å². The monoisotopic (exact) mass is 283 g/mol. The standard InChI is InChI=1S/C10H22IN/c1-2-3-6-9-12-10-7-4-5-8-11/h12H,2-10H2,1H3. The lowest BCUT2D eigenvalue weighted by atomic mass is 10.2. The maximum Gasteiger partial charge on any atom is -0.000472 e. The number of hydrogen-bond acceptors (Lipinski definition) is 1. The van der Waals surface area contributed by atoms with Crippen molar-refractivity contribution in [1.82, 2.24) is 5.32 Å². The molecule has 0 saturated heterocycles. The highest BCUT2D eigenvalue weighted by Crippen LogP contribution is 1.97. The Balaban J connectivity index is 2.73. The summed E-state index contributed by atoms with van der Waals surface area (Å²) in [5.74, 6) is 0. The molecule has 0 aromatic rings. The SMILES string of the molecule is CCCCCNCCCCCI. The van der Waals surface area contributed by atoms with Crippen LogP contribution in [0.25, 0.3) is 0 Å². The van der Waals surface area contributed by atoms with Crippen molar-refractivity contribution in [3.63, 3.8) is 0 Å². The van der Waals surface area contributed by atoms with E-state index >= 15 is 0 Å². The molecule has 1 N–H and O–H groups in total. The van der Waals surface area contributed by atoms with Crippen LogP contribution in [-0.2, 0) is 0 Å². The quantitative estimate of drug-likeness (QED) is 0.388. The predicted octanol–water partition coefficient (Wildman–Crippen LogP) is 3.37. The molecule has 12 heavy (non-hydrogen) atoms. The number of halogens is 1. The molecule has 0 radical (unpaired) electrons. The zero-order valence-corrected chi connectivity index (χ0v) is 10.4. The molecule has 0 spiro atoms. The minimum Gasteiger partial charge on any atom is -0.317 e. The summed E-state index contributed by atoms with van der Waals surface area (Å²) in [4.78, 5) is 0. The Hall–Kier alpha value is 0.690. The Bertz CT molecular complexity index is 66.2. The maximum atomic E-state index is 3.48. The molecular weight excluding hydrogens is 261 g/mol.